The Morgan fingerprint density at radius 2 is 2.38 bits per heavy atom. The largest absolute Gasteiger partial charge is 0.380 e. The molecule has 1 aliphatic rings. The smallest absolute Gasteiger partial charge is 0.0882 e. The van der Waals surface area contributed by atoms with Gasteiger partial charge in [-0.3, -0.25) is 0 Å². The molecule has 2 nitrogen and oxygen atoms in total. The van der Waals surface area contributed by atoms with Crippen LogP contribution >= 0.6 is 11.3 Å². The molecule has 1 aliphatic heterocycles. The molecule has 0 bridgehead atoms. The molecule has 0 spiro atoms. The van der Waals surface area contributed by atoms with Crippen LogP contribution in [0.25, 0.3) is 0 Å². The van der Waals surface area contributed by atoms with E-state index in [-0.39, 0.29) is 0 Å². The summed E-state index contributed by atoms with van der Waals surface area (Å²) < 4.78 is 0. The molecule has 1 aromatic rings. The van der Waals surface area contributed by atoms with Crippen molar-refractivity contribution in [3.05, 3.63) is 17.0 Å². The summed E-state index contributed by atoms with van der Waals surface area (Å²) in [6.45, 7) is 2.47. The summed E-state index contributed by atoms with van der Waals surface area (Å²) in [7, 11) is 4.18. The van der Waals surface area contributed by atoms with Crippen molar-refractivity contribution in [2.24, 2.45) is 0 Å². The van der Waals surface area contributed by atoms with Gasteiger partial charge in [0.05, 0.1) is 5.00 Å². The van der Waals surface area contributed by atoms with Gasteiger partial charge in [0.15, 0.2) is 0 Å². The van der Waals surface area contributed by atoms with Crippen LogP contribution < -0.4 is 5.32 Å². The Labute approximate surface area is 83.6 Å². The summed E-state index contributed by atoms with van der Waals surface area (Å²) in [6, 6.07) is 4.44. The van der Waals surface area contributed by atoms with Gasteiger partial charge in [0, 0.05) is 24.4 Å². The molecule has 1 unspecified atom stereocenters. The highest BCUT2D eigenvalue weighted by Gasteiger charge is 2.22. The fourth-order valence-corrected chi connectivity index (χ4v) is 2.86. The van der Waals surface area contributed by atoms with Crippen molar-refractivity contribution in [2.75, 3.05) is 32.5 Å². The highest BCUT2D eigenvalue weighted by atomic mass is 32.1. The van der Waals surface area contributed by atoms with Crippen molar-refractivity contribution in [1.82, 2.24) is 4.90 Å². The van der Waals surface area contributed by atoms with Crippen LogP contribution in [0.1, 0.15) is 17.2 Å². The lowest BCUT2D eigenvalue weighted by Crippen LogP contribution is -2.12. The molecule has 3 heteroatoms. The second-order valence-corrected chi connectivity index (χ2v) is 4.82. The third-order valence-corrected chi connectivity index (χ3v) is 3.93. The first-order chi connectivity index (χ1) is 6.29. The summed E-state index contributed by atoms with van der Waals surface area (Å²) in [6.07, 6.45) is 1.32. The van der Waals surface area contributed by atoms with Crippen molar-refractivity contribution in [2.45, 2.75) is 12.3 Å². The fourth-order valence-electron chi connectivity index (χ4n) is 1.87. The maximum absolute atomic E-state index is 3.19. The van der Waals surface area contributed by atoms with Crippen LogP contribution in [0.4, 0.5) is 5.00 Å². The van der Waals surface area contributed by atoms with Crippen LogP contribution in [0.3, 0.4) is 0 Å². The number of hydrogen-bond donors (Lipinski definition) is 1. The lowest BCUT2D eigenvalue weighted by Gasteiger charge is -2.07. The Morgan fingerprint density at radius 1 is 1.54 bits per heavy atom. The number of likely N-dealkylation sites (tertiary alicyclic amines) is 1. The SMILES string of the molecule is CNc1ccc(C2CCN(C)C2)s1. The summed E-state index contributed by atoms with van der Waals surface area (Å²) in [4.78, 5) is 3.94. The van der Waals surface area contributed by atoms with Crippen molar-refractivity contribution in [1.29, 1.82) is 0 Å². The first-order valence-electron chi connectivity index (χ1n) is 4.75. The average molecular weight is 196 g/mol. The Balaban J connectivity index is 2.08. The molecular formula is C10H16N2S. The van der Waals surface area contributed by atoms with E-state index < -0.39 is 0 Å². The quantitative estimate of drug-likeness (QED) is 0.780. The monoisotopic (exact) mass is 196 g/mol. The number of nitrogens with one attached hydrogen (secondary N) is 1. The zero-order valence-electron chi connectivity index (χ0n) is 8.21. The third-order valence-electron chi connectivity index (χ3n) is 2.67. The molecule has 0 radical (unpaired) electrons. The summed E-state index contributed by atoms with van der Waals surface area (Å²) in [5.74, 6) is 0.775. The van der Waals surface area contributed by atoms with Gasteiger partial charge in [0.2, 0.25) is 0 Å². The summed E-state index contributed by atoms with van der Waals surface area (Å²) in [5, 5.41) is 4.47. The lowest BCUT2D eigenvalue weighted by atomic mass is 10.1. The van der Waals surface area contributed by atoms with Gasteiger partial charge in [-0.1, -0.05) is 0 Å². The van der Waals surface area contributed by atoms with E-state index in [4.69, 9.17) is 0 Å². The van der Waals surface area contributed by atoms with Crippen LogP contribution in [-0.4, -0.2) is 32.1 Å². The number of nitrogens with zero attached hydrogens (tertiary/aromatic N) is 1. The highest BCUT2D eigenvalue weighted by Crippen LogP contribution is 2.33. The standard InChI is InChI=1S/C10H16N2S/c1-11-10-4-3-9(13-10)8-5-6-12(2)7-8/h3-4,8,11H,5-7H2,1-2H3. The number of rotatable bonds is 2. The van der Waals surface area contributed by atoms with Gasteiger partial charge in [-0.2, -0.15) is 0 Å². The van der Waals surface area contributed by atoms with E-state index in [0.717, 1.165) is 5.92 Å². The maximum Gasteiger partial charge on any atom is 0.0882 e. The molecule has 2 rings (SSSR count). The van der Waals surface area contributed by atoms with E-state index >= 15 is 0 Å². The minimum atomic E-state index is 0.775. The number of anilines is 1. The highest BCUT2D eigenvalue weighted by molar-refractivity contribution is 7.16. The zero-order valence-corrected chi connectivity index (χ0v) is 9.03. The van der Waals surface area contributed by atoms with Gasteiger partial charge >= 0.3 is 0 Å². The fraction of sp³-hybridized carbons (Fsp3) is 0.600. The van der Waals surface area contributed by atoms with Crippen molar-refractivity contribution >= 4 is 16.3 Å². The van der Waals surface area contributed by atoms with E-state index in [0.29, 0.717) is 0 Å². The maximum atomic E-state index is 3.19. The van der Waals surface area contributed by atoms with Crippen LogP contribution in [0, 0.1) is 0 Å². The van der Waals surface area contributed by atoms with Crippen molar-refractivity contribution in [3.8, 4) is 0 Å². The Hall–Kier alpha value is -0.540. The van der Waals surface area contributed by atoms with E-state index in [2.05, 4.69) is 29.4 Å². The van der Waals surface area contributed by atoms with Crippen molar-refractivity contribution < 1.29 is 0 Å². The molecule has 0 amide bonds. The van der Waals surface area contributed by atoms with Gasteiger partial charge in [-0.05, 0) is 32.1 Å². The average Bonchev–Trinajstić information content (AvgIpc) is 2.71. The first kappa shape index (κ1) is 9.03. The molecule has 1 aromatic heterocycles. The van der Waals surface area contributed by atoms with Gasteiger partial charge in [-0.25, -0.2) is 0 Å². The Morgan fingerprint density at radius 3 is 2.92 bits per heavy atom. The van der Waals surface area contributed by atoms with E-state index in [1.54, 1.807) is 0 Å². The zero-order chi connectivity index (χ0) is 9.26. The molecule has 72 valence electrons. The third kappa shape index (κ3) is 1.86. The molecule has 1 saturated heterocycles. The molecule has 1 N–H and O–H groups in total. The topological polar surface area (TPSA) is 15.3 Å². The van der Waals surface area contributed by atoms with Gasteiger partial charge in [0.1, 0.15) is 0 Å². The van der Waals surface area contributed by atoms with E-state index in [1.165, 1.54) is 29.4 Å². The van der Waals surface area contributed by atoms with Gasteiger partial charge in [0.25, 0.3) is 0 Å². The molecule has 2 heterocycles. The molecular weight excluding hydrogens is 180 g/mol. The van der Waals surface area contributed by atoms with Crippen LogP contribution in [-0.2, 0) is 0 Å². The molecule has 1 atom stereocenters. The van der Waals surface area contributed by atoms with Crippen LogP contribution in [0.2, 0.25) is 0 Å². The molecule has 1 fully saturated rings. The van der Waals surface area contributed by atoms with Crippen LogP contribution in [0.5, 0.6) is 0 Å². The minimum absolute atomic E-state index is 0.775. The van der Waals surface area contributed by atoms with Crippen molar-refractivity contribution in [3.63, 3.8) is 0 Å². The second kappa shape index (κ2) is 3.68. The molecule has 0 aliphatic carbocycles. The normalized spacial score (nSPS) is 23.7. The van der Waals surface area contributed by atoms with Crippen LogP contribution in [0.15, 0.2) is 12.1 Å². The summed E-state index contributed by atoms with van der Waals surface area (Å²) in [5.41, 5.74) is 0. The van der Waals surface area contributed by atoms with Gasteiger partial charge in [-0.15, -0.1) is 11.3 Å². The number of thiophene rings is 1. The summed E-state index contributed by atoms with van der Waals surface area (Å²) >= 11 is 1.89. The minimum Gasteiger partial charge on any atom is -0.380 e. The van der Waals surface area contributed by atoms with E-state index in [9.17, 15) is 0 Å². The Kier molecular flexibility index (Phi) is 2.56. The molecule has 0 saturated carbocycles. The molecule has 13 heavy (non-hydrogen) atoms. The van der Waals surface area contributed by atoms with Gasteiger partial charge < -0.3 is 10.2 Å². The lowest BCUT2D eigenvalue weighted by molar-refractivity contribution is 0.412. The Bertz CT molecular complexity index is 282. The molecule has 0 aromatic carbocycles. The number of likely N-dealkylation sites (N-methyl/N-ethyl adjacent to an activating group) is 1. The predicted molar refractivity (Wildman–Crippen MR) is 58.7 cm³/mol. The second-order valence-electron chi connectivity index (χ2n) is 3.70. The number of hydrogen-bond acceptors (Lipinski definition) is 3. The predicted octanol–water partition coefficient (Wildman–Crippen LogP) is 2.21. The first-order valence-corrected chi connectivity index (χ1v) is 5.57. The van der Waals surface area contributed by atoms with E-state index in [1.807, 2.05) is 18.4 Å².